The van der Waals surface area contributed by atoms with Crippen LogP contribution in [0.25, 0.3) is 10.6 Å². The fourth-order valence-electron chi connectivity index (χ4n) is 1.95. The average Bonchev–Trinajstić information content (AvgIpc) is 3.24. The van der Waals surface area contributed by atoms with Gasteiger partial charge in [0.05, 0.1) is 6.10 Å². The molecular weight excluding hydrogens is 316 g/mol. The summed E-state index contributed by atoms with van der Waals surface area (Å²) < 4.78 is 0. The summed E-state index contributed by atoms with van der Waals surface area (Å²) in [5, 5.41) is 19.0. The molecule has 0 bridgehead atoms. The van der Waals surface area contributed by atoms with Crippen molar-refractivity contribution in [3.63, 3.8) is 0 Å². The lowest BCUT2D eigenvalue weighted by molar-refractivity contribution is 0.0912. The zero-order valence-electron chi connectivity index (χ0n) is 11.6. The summed E-state index contributed by atoms with van der Waals surface area (Å²) in [6.07, 6.45) is -0.692. The maximum Gasteiger partial charge on any atom is 0.270 e. The molecule has 2 N–H and O–H groups in total. The van der Waals surface area contributed by atoms with Crippen molar-refractivity contribution >= 4 is 28.6 Å². The summed E-state index contributed by atoms with van der Waals surface area (Å²) in [6, 6.07) is 11.6. The van der Waals surface area contributed by atoms with Gasteiger partial charge in [0.1, 0.15) is 10.7 Å². The molecule has 0 fully saturated rings. The SMILES string of the molecule is O=C(NCC(O)c1ccsc1)c1csc(-c2ccccc2)n1. The lowest BCUT2D eigenvalue weighted by atomic mass is 10.2. The summed E-state index contributed by atoms with van der Waals surface area (Å²) in [6.45, 7) is 0.174. The van der Waals surface area contributed by atoms with Crippen LogP contribution >= 0.6 is 22.7 Å². The minimum absolute atomic E-state index is 0.174. The van der Waals surface area contributed by atoms with Gasteiger partial charge in [0, 0.05) is 17.5 Å². The van der Waals surface area contributed by atoms with E-state index in [0.717, 1.165) is 16.1 Å². The normalized spacial score (nSPS) is 12.0. The third-order valence-electron chi connectivity index (χ3n) is 3.14. The maximum absolute atomic E-state index is 12.1. The van der Waals surface area contributed by atoms with Crippen LogP contribution in [0.4, 0.5) is 0 Å². The second-order valence-electron chi connectivity index (χ2n) is 4.69. The number of nitrogens with one attached hydrogen (secondary N) is 1. The van der Waals surface area contributed by atoms with Gasteiger partial charge in [-0.3, -0.25) is 4.79 Å². The van der Waals surface area contributed by atoms with Crippen molar-refractivity contribution in [1.29, 1.82) is 0 Å². The third kappa shape index (κ3) is 3.41. The molecule has 1 aromatic carbocycles. The molecule has 0 saturated carbocycles. The quantitative estimate of drug-likeness (QED) is 0.754. The molecule has 112 valence electrons. The van der Waals surface area contributed by atoms with Gasteiger partial charge < -0.3 is 10.4 Å². The smallest absolute Gasteiger partial charge is 0.270 e. The predicted molar refractivity (Wildman–Crippen MR) is 89.2 cm³/mol. The Balaban J connectivity index is 1.62. The average molecular weight is 330 g/mol. The molecule has 0 radical (unpaired) electrons. The highest BCUT2D eigenvalue weighted by atomic mass is 32.1. The molecule has 22 heavy (non-hydrogen) atoms. The molecule has 1 unspecified atom stereocenters. The van der Waals surface area contributed by atoms with Gasteiger partial charge in [-0.1, -0.05) is 30.3 Å². The fourth-order valence-corrected chi connectivity index (χ4v) is 3.47. The molecule has 0 saturated heterocycles. The van der Waals surface area contributed by atoms with Gasteiger partial charge in [-0.2, -0.15) is 11.3 Å². The number of thiazole rings is 1. The lowest BCUT2D eigenvalue weighted by Crippen LogP contribution is -2.28. The largest absolute Gasteiger partial charge is 0.387 e. The highest BCUT2D eigenvalue weighted by molar-refractivity contribution is 7.13. The molecule has 1 atom stereocenters. The monoisotopic (exact) mass is 330 g/mol. The molecule has 2 heterocycles. The van der Waals surface area contributed by atoms with E-state index in [4.69, 9.17) is 0 Å². The molecular formula is C16H14N2O2S2. The number of aromatic nitrogens is 1. The molecule has 1 amide bonds. The zero-order chi connectivity index (χ0) is 15.4. The van der Waals surface area contributed by atoms with E-state index >= 15 is 0 Å². The van der Waals surface area contributed by atoms with Crippen molar-refractivity contribution in [3.8, 4) is 10.6 Å². The van der Waals surface area contributed by atoms with Crippen molar-refractivity contribution in [1.82, 2.24) is 10.3 Å². The van der Waals surface area contributed by atoms with Crippen LogP contribution in [0.3, 0.4) is 0 Å². The number of carbonyl (C=O) groups excluding carboxylic acids is 1. The summed E-state index contributed by atoms with van der Waals surface area (Å²) in [5.74, 6) is -0.271. The number of carbonyl (C=O) groups is 1. The Morgan fingerprint density at radius 1 is 1.23 bits per heavy atom. The number of rotatable bonds is 5. The minimum atomic E-state index is -0.692. The van der Waals surface area contributed by atoms with Gasteiger partial charge >= 0.3 is 0 Å². The van der Waals surface area contributed by atoms with E-state index in [1.165, 1.54) is 22.7 Å². The Labute approximate surface area is 136 Å². The van der Waals surface area contributed by atoms with E-state index in [9.17, 15) is 9.90 Å². The summed E-state index contributed by atoms with van der Waals surface area (Å²) >= 11 is 2.95. The Bertz CT molecular complexity index is 739. The van der Waals surface area contributed by atoms with Crippen LogP contribution in [-0.4, -0.2) is 22.5 Å². The van der Waals surface area contributed by atoms with E-state index in [1.54, 1.807) is 5.38 Å². The number of hydrogen-bond donors (Lipinski definition) is 2. The first-order valence-corrected chi connectivity index (χ1v) is 8.55. The van der Waals surface area contributed by atoms with Crippen LogP contribution in [0.2, 0.25) is 0 Å². The standard InChI is InChI=1S/C16H14N2O2S2/c19-14(12-6-7-21-9-12)8-17-15(20)13-10-22-16(18-13)11-4-2-1-3-5-11/h1-7,9-10,14,19H,8H2,(H,17,20). The Kier molecular flexibility index (Phi) is 4.62. The molecule has 2 aromatic heterocycles. The summed E-state index contributed by atoms with van der Waals surface area (Å²) in [5.41, 5.74) is 2.18. The molecule has 0 spiro atoms. The first-order chi connectivity index (χ1) is 10.7. The first-order valence-electron chi connectivity index (χ1n) is 6.73. The molecule has 3 aromatic rings. The number of benzene rings is 1. The molecule has 3 rings (SSSR count). The third-order valence-corrected chi connectivity index (χ3v) is 4.73. The van der Waals surface area contributed by atoms with Gasteiger partial charge in [0.25, 0.3) is 5.91 Å². The lowest BCUT2D eigenvalue weighted by Gasteiger charge is -2.09. The van der Waals surface area contributed by atoms with Crippen molar-refractivity contribution < 1.29 is 9.90 Å². The minimum Gasteiger partial charge on any atom is -0.387 e. The van der Waals surface area contributed by atoms with Gasteiger partial charge in [-0.25, -0.2) is 4.98 Å². The summed E-state index contributed by atoms with van der Waals surface area (Å²) in [4.78, 5) is 16.4. The first kappa shape index (κ1) is 14.9. The number of aliphatic hydroxyl groups excluding tert-OH is 1. The van der Waals surface area contributed by atoms with Gasteiger partial charge in [0.2, 0.25) is 0 Å². The zero-order valence-corrected chi connectivity index (χ0v) is 13.2. The molecule has 0 aliphatic carbocycles. The van der Waals surface area contributed by atoms with Gasteiger partial charge in [-0.05, 0) is 22.4 Å². The van der Waals surface area contributed by atoms with Crippen LogP contribution in [0.15, 0.2) is 52.5 Å². The van der Waals surface area contributed by atoms with Crippen LogP contribution in [0.1, 0.15) is 22.2 Å². The number of amides is 1. The van der Waals surface area contributed by atoms with Crippen molar-refractivity contribution in [2.45, 2.75) is 6.10 Å². The van der Waals surface area contributed by atoms with Gasteiger partial charge in [-0.15, -0.1) is 11.3 Å². The highest BCUT2D eigenvalue weighted by Crippen LogP contribution is 2.23. The van der Waals surface area contributed by atoms with Crippen LogP contribution in [0.5, 0.6) is 0 Å². The number of hydrogen-bond acceptors (Lipinski definition) is 5. The number of aliphatic hydroxyl groups is 1. The Morgan fingerprint density at radius 3 is 2.77 bits per heavy atom. The molecule has 0 aliphatic heterocycles. The molecule has 4 nitrogen and oxygen atoms in total. The topological polar surface area (TPSA) is 62.2 Å². The van der Waals surface area contributed by atoms with Crippen LogP contribution in [-0.2, 0) is 0 Å². The number of nitrogens with zero attached hydrogens (tertiary/aromatic N) is 1. The Hall–Kier alpha value is -2.02. The fraction of sp³-hybridized carbons (Fsp3) is 0.125. The van der Waals surface area contributed by atoms with Crippen molar-refractivity contribution in [2.24, 2.45) is 0 Å². The van der Waals surface area contributed by atoms with E-state index in [1.807, 2.05) is 47.2 Å². The van der Waals surface area contributed by atoms with E-state index in [0.29, 0.717) is 5.69 Å². The van der Waals surface area contributed by atoms with Crippen molar-refractivity contribution in [2.75, 3.05) is 6.54 Å². The van der Waals surface area contributed by atoms with E-state index < -0.39 is 6.10 Å². The highest BCUT2D eigenvalue weighted by Gasteiger charge is 2.14. The van der Waals surface area contributed by atoms with Gasteiger partial charge in [0.15, 0.2) is 0 Å². The van der Waals surface area contributed by atoms with E-state index in [-0.39, 0.29) is 12.5 Å². The maximum atomic E-state index is 12.1. The second kappa shape index (κ2) is 6.83. The van der Waals surface area contributed by atoms with Crippen LogP contribution in [0, 0.1) is 0 Å². The summed E-state index contributed by atoms with van der Waals surface area (Å²) in [7, 11) is 0. The van der Waals surface area contributed by atoms with Crippen LogP contribution < -0.4 is 5.32 Å². The van der Waals surface area contributed by atoms with E-state index in [2.05, 4.69) is 10.3 Å². The Morgan fingerprint density at radius 2 is 2.05 bits per heavy atom. The number of thiophene rings is 1. The molecule has 0 aliphatic rings. The second-order valence-corrected chi connectivity index (χ2v) is 6.32. The predicted octanol–water partition coefficient (Wildman–Crippen LogP) is 3.34. The molecule has 6 heteroatoms. The van der Waals surface area contributed by atoms with Crippen molar-refractivity contribution in [3.05, 3.63) is 63.8 Å².